The molecule has 0 saturated carbocycles. The highest BCUT2D eigenvalue weighted by molar-refractivity contribution is 5.87. The number of hydrogen-bond acceptors (Lipinski definition) is 4. The Hall–Kier alpha value is -2.96. The van der Waals surface area contributed by atoms with Gasteiger partial charge in [-0.05, 0) is 59.6 Å². The minimum atomic E-state index is -0.943. The fourth-order valence-electron chi connectivity index (χ4n) is 5.12. The second-order valence-electron chi connectivity index (χ2n) is 9.28. The summed E-state index contributed by atoms with van der Waals surface area (Å²) >= 11 is 0. The van der Waals surface area contributed by atoms with Gasteiger partial charge in [-0.1, -0.05) is 56.3 Å². The van der Waals surface area contributed by atoms with Gasteiger partial charge in [0.15, 0.2) is 0 Å². The molecule has 0 aromatic heterocycles. The molecule has 0 spiro atoms. The molecule has 34 heavy (non-hydrogen) atoms. The molecule has 6 nitrogen and oxygen atoms in total. The summed E-state index contributed by atoms with van der Waals surface area (Å²) in [7, 11) is 0. The summed E-state index contributed by atoms with van der Waals surface area (Å²) < 4.78 is 6.27. The summed E-state index contributed by atoms with van der Waals surface area (Å²) in [6.07, 6.45) is 4.07. The van der Waals surface area contributed by atoms with E-state index in [9.17, 15) is 14.7 Å². The van der Waals surface area contributed by atoms with Crippen molar-refractivity contribution in [2.24, 2.45) is 0 Å². The molecular formula is C28H34N2O4. The number of carboxylic acid groups (broad SMARTS) is 1. The minimum Gasteiger partial charge on any atom is -0.478 e. The average Bonchev–Trinajstić information content (AvgIpc) is 3.19. The molecule has 2 aliphatic carbocycles. The van der Waals surface area contributed by atoms with E-state index < -0.39 is 12.1 Å². The Morgan fingerprint density at radius 3 is 2.53 bits per heavy atom. The predicted octanol–water partition coefficient (Wildman–Crippen LogP) is 4.21. The van der Waals surface area contributed by atoms with Crippen LogP contribution in [0, 0.1) is 0 Å². The Morgan fingerprint density at radius 1 is 1.09 bits per heavy atom. The Bertz CT molecular complexity index is 1090. The Kier molecular flexibility index (Phi) is 7.49. The van der Waals surface area contributed by atoms with Crippen molar-refractivity contribution in [1.82, 2.24) is 10.6 Å². The van der Waals surface area contributed by atoms with Crippen LogP contribution in [-0.4, -0.2) is 41.3 Å². The fraction of sp³-hybridized carbons (Fsp3) is 0.429. The topological polar surface area (TPSA) is 87.7 Å². The first kappa shape index (κ1) is 24.2. The number of carboxylic acids is 1. The number of nitrogens with one attached hydrogen (secondary N) is 2. The van der Waals surface area contributed by atoms with E-state index in [0.717, 1.165) is 24.8 Å². The largest absolute Gasteiger partial charge is 0.478 e. The minimum absolute atomic E-state index is 0.00430. The summed E-state index contributed by atoms with van der Waals surface area (Å²) in [5, 5.41) is 16.3. The molecule has 2 aromatic carbocycles. The van der Waals surface area contributed by atoms with Crippen LogP contribution in [0.1, 0.15) is 56.7 Å². The number of carbonyl (C=O) groups excluding carboxylic acids is 1. The van der Waals surface area contributed by atoms with Gasteiger partial charge in [0.25, 0.3) is 0 Å². The second kappa shape index (κ2) is 10.5. The van der Waals surface area contributed by atoms with Crippen molar-refractivity contribution < 1.29 is 19.4 Å². The maximum atomic E-state index is 12.0. The lowest BCUT2D eigenvalue weighted by Crippen LogP contribution is -2.58. The van der Waals surface area contributed by atoms with Crippen molar-refractivity contribution in [3.8, 4) is 11.1 Å². The lowest BCUT2D eigenvalue weighted by molar-refractivity contribution is -0.133. The molecule has 180 valence electrons. The molecule has 6 heteroatoms. The number of benzene rings is 2. The highest BCUT2D eigenvalue weighted by atomic mass is 16.5. The van der Waals surface area contributed by atoms with Crippen molar-refractivity contribution in [3.05, 3.63) is 70.8 Å². The zero-order chi connectivity index (χ0) is 24.2. The van der Waals surface area contributed by atoms with E-state index in [1.54, 1.807) is 6.08 Å². The first-order valence-corrected chi connectivity index (χ1v) is 12.2. The van der Waals surface area contributed by atoms with Crippen molar-refractivity contribution in [3.63, 3.8) is 0 Å². The molecule has 3 N–H and O–H groups in total. The molecule has 0 aliphatic heterocycles. The van der Waals surface area contributed by atoms with Gasteiger partial charge in [-0.25, -0.2) is 4.79 Å². The number of amides is 1. The van der Waals surface area contributed by atoms with Crippen molar-refractivity contribution in [2.45, 2.75) is 77.3 Å². The maximum absolute atomic E-state index is 12.0. The first-order chi connectivity index (χ1) is 16.4. The first-order valence-electron chi connectivity index (χ1n) is 12.2. The number of rotatable bonds is 9. The third-order valence-electron chi connectivity index (χ3n) is 6.92. The highest BCUT2D eigenvalue weighted by Crippen LogP contribution is 2.36. The van der Waals surface area contributed by atoms with Gasteiger partial charge in [0.05, 0.1) is 18.2 Å². The molecule has 0 bridgehead atoms. The van der Waals surface area contributed by atoms with E-state index >= 15 is 0 Å². The molecule has 0 radical (unpaired) electrons. The van der Waals surface area contributed by atoms with Crippen molar-refractivity contribution in [1.29, 1.82) is 0 Å². The summed E-state index contributed by atoms with van der Waals surface area (Å²) in [5.41, 5.74) is 6.69. The Balaban J connectivity index is 1.53. The molecule has 0 unspecified atom stereocenters. The highest BCUT2D eigenvalue weighted by Gasteiger charge is 2.37. The quantitative estimate of drug-likeness (QED) is 0.443. The van der Waals surface area contributed by atoms with Gasteiger partial charge in [0, 0.05) is 25.1 Å². The Labute approximate surface area is 201 Å². The van der Waals surface area contributed by atoms with Gasteiger partial charge in [-0.2, -0.15) is 0 Å². The van der Waals surface area contributed by atoms with Gasteiger partial charge in [-0.3, -0.25) is 4.79 Å². The standard InChI is InChI=1S/C28H34N2O4/c1-4-22(5-2)34-26-15-21(28(32)33)14-25(27(26)30-17(3)31)29-16-18-10-11-24-20(12-18)13-19-8-6-7-9-23(19)24/h6-12,15,22,25-27,29H,4-5,13-14,16H2,1-3H3,(H,30,31)(H,32,33)/t25-,26+,27+/m0/s1. The molecule has 3 atom stereocenters. The summed E-state index contributed by atoms with van der Waals surface area (Å²) in [6, 6.07) is 14.4. The number of ether oxygens (including phenoxy) is 1. The van der Waals surface area contributed by atoms with Crippen LogP contribution in [0.15, 0.2) is 54.1 Å². The number of carbonyl (C=O) groups is 2. The molecule has 0 heterocycles. The molecule has 0 fully saturated rings. The zero-order valence-electron chi connectivity index (χ0n) is 20.1. The van der Waals surface area contributed by atoms with Crippen molar-refractivity contribution in [2.75, 3.05) is 0 Å². The third kappa shape index (κ3) is 5.24. The maximum Gasteiger partial charge on any atom is 0.331 e. The second-order valence-corrected chi connectivity index (χ2v) is 9.28. The Morgan fingerprint density at radius 2 is 1.82 bits per heavy atom. The van der Waals surface area contributed by atoms with Gasteiger partial charge in [-0.15, -0.1) is 0 Å². The smallest absolute Gasteiger partial charge is 0.331 e. The molecule has 0 saturated heterocycles. The van der Waals surface area contributed by atoms with Crippen LogP contribution in [0.25, 0.3) is 11.1 Å². The fourth-order valence-corrected chi connectivity index (χ4v) is 5.12. The number of aliphatic carboxylic acids is 1. The lowest BCUT2D eigenvalue weighted by atomic mass is 9.87. The van der Waals surface area contributed by atoms with E-state index in [1.165, 1.54) is 29.2 Å². The van der Waals surface area contributed by atoms with E-state index in [-0.39, 0.29) is 24.1 Å². The third-order valence-corrected chi connectivity index (χ3v) is 6.92. The van der Waals surface area contributed by atoms with E-state index in [4.69, 9.17) is 4.74 Å². The van der Waals surface area contributed by atoms with Crippen molar-refractivity contribution >= 4 is 11.9 Å². The monoisotopic (exact) mass is 462 g/mol. The summed E-state index contributed by atoms with van der Waals surface area (Å²) in [4.78, 5) is 23.9. The van der Waals surface area contributed by atoms with Crippen LogP contribution >= 0.6 is 0 Å². The molecule has 2 aromatic rings. The molecule has 4 rings (SSSR count). The SMILES string of the molecule is CCC(CC)O[C@@H]1C=C(C(=O)O)C[C@H](NCc2ccc3c(c2)Cc2ccccc2-3)[C@H]1NC(C)=O. The summed E-state index contributed by atoms with van der Waals surface area (Å²) in [5.74, 6) is -1.10. The average molecular weight is 463 g/mol. The van der Waals surface area contributed by atoms with E-state index in [0.29, 0.717) is 18.5 Å². The van der Waals surface area contributed by atoms with Crippen LogP contribution in [-0.2, 0) is 27.3 Å². The molecule has 2 aliphatic rings. The van der Waals surface area contributed by atoms with Crippen LogP contribution in [0.2, 0.25) is 0 Å². The van der Waals surface area contributed by atoms with Gasteiger partial charge in [0.2, 0.25) is 5.91 Å². The van der Waals surface area contributed by atoms with Crippen LogP contribution in [0.5, 0.6) is 0 Å². The predicted molar refractivity (Wildman–Crippen MR) is 132 cm³/mol. The number of fused-ring (bicyclic) bond motifs is 3. The lowest BCUT2D eigenvalue weighted by Gasteiger charge is -2.38. The van der Waals surface area contributed by atoms with E-state index in [1.807, 2.05) is 13.8 Å². The van der Waals surface area contributed by atoms with E-state index in [2.05, 4.69) is 53.1 Å². The normalized spacial score (nSPS) is 21.1. The zero-order valence-corrected chi connectivity index (χ0v) is 20.1. The molecular weight excluding hydrogens is 428 g/mol. The van der Waals surface area contributed by atoms with Gasteiger partial charge < -0.3 is 20.5 Å². The van der Waals surface area contributed by atoms with Crippen LogP contribution in [0.3, 0.4) is 0 Å². The van der Waals surface area contributed by atoms with Gasteiger partial charge in [0.1, 0.15) is 0 Å². The van der Waals surface area contributed by atoms with Crippen LogP contribution in [0.4, 0.5) is 0 Å². The summed E-state index contributed by atoms with van der Waals surface area (Å²) in [6.45, 7) is 6.16. The number of hydrogen-bond donors (Lipinski definition) is 3. The van der Waals surface area contributed by atoms with Gasteiger partial charge >= 0.3 is 5.97 Å². The molecule has 1 amide bonds. The van der Waals surface area contributed by atoms with Crippen LogP contribution < -0.4 is 10.6 Å².